The van der Waals surface area contributed by atoms with Crippen molar-refractivity contribution in [3.63, 3.8) is 0 Å². The Morgan fingerprint density at radius 3 is 1.57 bits per heavy atom. The van der Waals surface area contributed by atoms with E-state index in [0.29, 0.717) is 11.5 Å². The van der Waals surface area contributed by atoms with E-state index in [4.69, 9.17) is 13.8 Å². The molecule has 0 bridgehead atoms. The van der Waals surface area contributed by atoms with Gasteiger partial charge in [0, 0.05) is 39.3 Å². The molecule has 0 saturated heterocycles. The summed E-state index contributed by atoms with van der Waals surface area (Å²) in [6, 6.07) is 67.7. The molecule has 0 fully saturated rings. The van der Waals surface area contributed by atoms with Gasteiger partial charge in [0.05, 0.1) is 5.69 Å². The number of fused-ring (bicyclic) bond motifs is 4. The van der Waals surface area contributed by atoms with E-state index in [0.717, 1.165) is 66.8 Å². The van der Waals surface area contributed by atoms with Crippen molar-refractivity contribution in [1.29, 1.82) is 0 Å². The normalized spacial score (nSPS) is 11.4. The summed E-state index contributed by atoms with van der Waals surface area (Å²) in [7, 11) is 0. The van der Waals surface area contributed by atoms with Crippen LogP contribution in [0.1, 0.15) is 0 Å². The van der Waals surface area contributed by atoms with Crippen LogP contribution in [0.2, 0.25) is 0 Å². The number of anilines is 3. The molecule has 4 nitrogen and oxygen atoms in total. The van der Waals surface area contributed by atoms with Crippen molar-refractivity contribution < 1.29 is 8.83 Å². The van der Waals surface area contributed by atoms with Gasteiger partial charge in [-0.05, 0) is 82.4 Å². The fourth-order valence-electron chi connectivity index (χ4n) is 7.28. The highest BCUT2D eigenvalue weighted by molar-refractivity contribution is 6.10. The Morgan fingerprint density at radius 2 is 0.887 bits per heavy atom. The maximum Gasteiger partial charge on any atom is 0.227 e. The predicted octanol–water partition coefficient (Wildman–Crippen LogP) is 13.9. The van der Waals surface area contributed by atoms with E-state index in [1.807, 2.05) is 42.5 Å². The number of hydrogen-bond donors (Lipinski definition) is 0. The van der Waals surface area contributed by atoms with Crippen LogP contribution >= 0.6 is 0 Å². The van der Waals surface area contributed by atoms with Crippen LogP contribution in [0.25, 0.3) is 77.9 Å². The lowest BCUT2D eigenvalue weighted by molar-refractivity contribution is 0.617. The fourth-order valence-corrected chi connectivity index (χ4v) is 7.28. The lowest BCUT2D eigenvalue weighted by Crippen LogP contribution is -2.11. The third-order valence-electron chi connectivity index (χ3n) is 9.92. The number of hydrogen-bond acceptors (Lipinski definition) is 4. The van der Waals surface area contributed by atoms with Crippen molar-refractivity contribution in [2.24, 2.45) is 0 Å². The molecule has 10 aromatic rings. The molecule has 0 spiro atoms. The third kappa shape index (κ3) is 5.63. The standard InChI is InChI=1S/C49H32N2O2/c1-4-12-33(13-5-1)34-20-22-35(23-21-34)36-24-26-39(27-25-36)51(45-19-11-10-18-41(45)37-14-6-2-7-15-37)40-28-29-46-42(30-40)43-31-44-48(32-47(43)52-46)53-49(50-44)38-16-8-3-9-17-38/h1-32H. The molecule has 2 aromatic heterocycles. The van der Waals surface area contributed by atoms with E-state index < -0.39 is 0 Å². The van der Waals surface area contributed by atoms with Gasteiger partial charge in [-0.3, -0.25) is 0 Å². The minimum Gasteiger partial charge on any atom is -0.456 e. The number of furan rings is 1. The molecule has 53 heavy (non-hydrogen) atoms. The van der Waals surface area contributed by atoms with Gasteiger partial charge in [0.15, 0.2) is 5.58 Å². The summed E-state index contributed by atoms with van der Waals surface area (Å²) in [5.41, 5.74) is 14.2. The van der Waals surface area contributed by atoms with Gasteiger partial charge in [0.25, 0.3) is 0 Å². The molecule has 0 aliphatic rings. The van der Waals surface area contributed by atoms with Crippen molar-refractivity contribution in [3.8, 4) is 44.8 Å². The van der Waals surface area contributed by atoms with Crippen molar-refractivity contribution in [3.05, 3.63) is 194 Å². The molecule has 250 valence electrons. The van der Waals surface area contributed by atoms with Crippen LogP contribution in [0.5, 0.6) is 0 Å². The second kappa shape index (κ2) is 12.9. The Bertz CT molecular complexity index is 2860. The molecule has 2 heterocycles. The zero-order valence-corrected chi connectivity index (χ0v) is 28.7. The lowest BCUT2D eigenvalue weighted by Gasteiger charge is -2.28. The van der Waals surface area contributed by atoms with Gasteiger partial charge in [-0.2, -0.15) is 0 Å². The molecule has 0 amide bonds. The number of aromatic nitrogens is 1. The van der Waals surface area contributed by atoms with Crippen molar-refractivity contribution in [1.82, 2.24) is 4.98 Å². The van der Waals surface area contributed by atoms with E-state index in [-0.39, 0.29) is 0 Å². The maximum absolute atomic E-state index is 6.41. The Balaban J connectivity index is 1.09. The minimum atomic E-state index is 0.595. The molecule has 0 saturated carbocycles. The fraction of sp³-hybridized carbons (Fsp3) is 0. The zero-order chi connectivity index (χ0) is 35.1. The third-order valence-corrected chi connectivity index (χ3v) is 9.92. The molecular formula is C49H32N2O2. The number of benzene rings is 8. The Hall–Kier alpha value is -7.17. The first-order valence-corrected chi connectivity index (χ1v) is 17.8. The van der Waals surface area contributed by atoms with Crippen LogP contribution in [0, 0.1) is 0 Å². The summed E-state index contributed by atoms with van der Waals surface area (Å²) in [6.07, 6.45) is 0. The van der Waals surface area contributed by atoms with Crippen LogP contribution in [0.4, 0.5) is 17.1 Å². The van der Waals surface area contributed by atoms with Gasteiger partial charge in [-0.1, -0.05) is 133 Å². The second-order valence-electron chi connectivity index (χ2n) is 13.2. The van der Waals surface area contributed by atoms with Gasteiger partial charge in [-0.25, -0.2) is 4.98 Å². The Labute approximate surface area is 306 Å². The van der Waals surface area contributed by atoms with Gasteiger partial charge in [-0.15, -0.1) is 0 Å². The first-order valence-electron chi connectivity index (χ1n) is 17.8. The topological polar surface area (TPSA) is 42.4 Å². The number of rotatable bonds is 7. The summed E-state index contributed by atoms with van der Waals surface area (Å²) in [5.74, 6) is 0.595. The summed E-state index contributed by atoms with van der Waals surface area (Å²) in [5, 5.41) is 2.01. The first kappa shape index (κ1) is 30.6. The Kier molecular flexibility index (Phi) is 7.43. The van der Waals surface area contributed by atoms with Gasteiger partial charge in [0.2, 0.25) is 5.89 Å². The van der Waals surface area contributed by atoms with Gasteiger partial charge in [0.1, 0.15) is 16.7 Å². The second-order valence-corrected chi connectivity index (χ2v) is 13.2. The molecular weight excluding hydrogens is 649 g/mol. The molecule has 4 heteroatoms. The molecule has 8 aromatic carbocycles. The quantitative estimate of drug-likeness (QED) is 0.168. The highest BCUT2D eigenvalue weighted by Crippen LogP contribution is 2.43. The molecule has 0 radical (unpaired) electrons. The van der Waals surface area contributed by atoms with Crippen LogP contribution < -0.4 is 4.90 Å². The predicted molar refractivity (Wildman–Crippen MR) is 218 cm³/mol. The van der Waals surface area contributed by atoms with E-state index in [2.05, 4.69) is 157 Å². The van der Waals surface area contributed by atoms with Gasteiger partial charge < -0.3 is 13.7 Å². The maximum atomic E-state index is 6.41. The summed E-state index contributed by atoms with van der Waals surface area (Å²) in [4.78, 5) is 7.19. The number of oxazole rings is 1. The highest BCUT2D eigenvalue weighted by Gasteiger charge is 2.20. The SMILES string of the molecule is c1ccc(-c2ccc(-c3ccc(N(c4ccc5oc6cc7oc(-c8ccccc8)nc7cc6c5c4)c4ccccc4-c4ccccc4)cc3)cc2)cc1. The summed E-state index contributed by atoms with van der Waals surface area (Å²) in [6.45, 7) is 0. The largest absolute Gasteiger partial charge is 0.456 e. The van der Waals surface area contributed by atoms with Crippen molar-refractivity contribution in [2.45, 2.75) is 0 Å². The lowest BCUT2D eigenvalue weighted by atomic mass is 9.99. The molecule has 0 unspecified atom stereocenters. The number of para-hydroxylation sites is 1. The monoisotopic (exact) mass is 680 g/mol. The van der Waals surface area contributed by atoms with E-state index in [1.165, 1.54) is 16.7 Å². The molecule has 0 N–H and O–H groups in total. The van der Waals surface area contributed by atoms with Crippen LogP contribution in [-0.4, -0.2) is 4.98 Å². The summed E-state index contributed by atoms with van der Waals surface area (Å²) < 4.78 is 12.6. The van der Waals surface area contributed by atoms with E-state index >= 15 is 0 Å². The first-order chi connectivity index (χ1) is 26.2. The molecule has 0 atom stereocenters. The van der Waals surface area contributed by atoms with Crippen molar-refractivity contribution >= 4 is 50.1 Å². The van der Waals surface area contributed by atoms with E-state index in [9.17, 15) is 0 Å². The van der Waals surface area contributed by atoms with Crippen LogP contribution in [-0.2, 0) is 0 Å². The van der Waals surface area contributed by atoms with E-state index in [1.54, 1.807) is 0 Å². The van der Waals surface area contributed by atoms with Crippen LogP contribution in [0.15, 0.2) is 203 Å². The highest BCUT2D eigenvalue weighted by atomic mass is 16.4. The summed E-state index contributed by atoms with van der Waals surface area (Å²) >= 11 is 0. The minimum absolute atomic E-state index is 0.595. The zero-order valence-electron chi connectivity index (χ0n) is 28.7. The molecule has 10 rings (SSSR count). The molecule has 0 aliphatic heterocycles. The Morgan fingerprint density at radius 1 is 0.358 bits per heavy atom. The van der Waals surface area contributed by atoms with Gasteiger partial charge >= 0.3 is 0 Å². The van der Waals surface area contributed by atoms with Crippen molar-refractivity contribution in [2.75, 3.05) is 4.90 Å². The molecule has 0 aliphatic carbocycles. The average molecular weight is 681 g/mol. The van der Waals surface area contributed by atoms with Crippen LogP contribution in [0.3, 0.4) is 0 Å². The number of nitrogens with zero attached hydrogens (tertiary/aromatic N) is 2. The smallest absolute Gasteiger partial charge is 0.227 e. The average Bonchev–Trinajstić information content (AvgIpc) is 3.82.